The van der Waals surface area contributed by atoms with E-state index < -0.39 is 20.7 Å². The lowest BCUT2D eigenvalue weighted by Crippen LogP contribution is -2.11. The van der Waals surface area contributed by atoms with Crippen LogP contribution in [0.15, 0.2) is 70.6 Å². The first kappa shape index (κ1) is 26.3. The van der Waals surface area contributed by atoms with Gasteiger partial charge in [-0.2, -0.15) is 8.42 Å². The molecule has 0 atom stereocenters. The second-order valence-corrected chi connectivity index (χ2v) is 9.52. The average molecular weight is 507 g/mol. The van der Waals surface area contributed by atoms with Gasteiger partial charge in [0.15, 0.2) is 0 Å². The van der Waals surface area contributed by atoms with Crippen LogP contribution in [0.1, 0.15) is 26.3 Å². The van der Waals surface area contributed by atoms with E-state index in [2.05, 4.69) is 11.9 Å². The van der Waals surface area contributed by atoms with Crippen LogP contribution in [-0.4, -0.2) is 30.6 Å². The van der Waals surface area contributed by atoms with Crippen LogP contribution in [-0.2, 0) is 27.1 Å². The third-order valence-electron chi connectivity index (χ3n) is 4.39. The molecule has 0 spiro atoms. The molecule has 2 aromatic rings. The van der Waals surface area contributed by atoms with E-state index >= 15 is 0 Å². The summed E-state index contributed by atoms with van der Waals surface area (Å²) >= 11 is 1.62. The predicted octanol–water partition coefficient (Wildman–Crippen LogP) is 4.46. The van der Waals surface area contributed by atoms with Gasteiger partial charge in [-0.25, -0.2) is 9.98 Å². The van der Waals surface area contributed by atoms with Gasteiger partial charge in [-0.05, 0) is 48.4 Å². The first-order valence-corrected chi connectivity index (χ1v) is 12.6. The largest absolute Gasteiger partial charge is 0.425 e. The summed E-state index contributed by atoms with van der Waals surface area (Å²) in [7, 11) is -7.46. The van der Waals surface area contributed by atoms with Crippen molar-refractivity contribution in [3.05, 3.63) is 71.6 Å². The fourth-order valence-corrected chi connectivity index (χ4v) is 4.74. The Bertz CT molecular complexity index is 1520. The summed E-state index contributed by atoms with van der Waals surface area (Å²) < 4.78 is 59.3. The smallest absolute Gasteiger partial charge is 0.282 e. The Labute approximate surface area is 197 Å². The first-order valence-electron chi connectivity index (χ1n) is 9.39. The Balaban J connectivity index is 0.000000714. The molecule has 1 aliphatic heterocycles. The predicted molar refractivity (Wildman–Crippen MR) is 128 cm³/mol. The zero-order chi connectivity index (χ0) is 23.3. The van der Waals surface area contributed by atoms with Crippen molar-refractivity contribution in [2.75, 3.05) is 0 Å². The molecule has 0 amide bonds. The van der Waals surface area contributed by atoms with Crippen LogP contribution in [0.3, 0.4) is 0 Å². The molecule has 11 heteroatoms. The molecule has 2 aliphatic rings. The van der Waals surface area contributed by atoms with Crippen LogP contribution in [0.4, 0.5) is 5.69 Å². The molecule has 33 heavy (non-hydrogen) atoms. The molecule has 8 nitrogen and oxygen atoms in total. The van der Waals surface area contributed by atoms with Crippen LogP contribution in [0, 0.1) is 0 Å². The number of hydrogen-bond acceptors (Lipinski definition) is 8. The maximum absolute atomic E-state index is 11.7. The van der Waals surface area contributed by atoms with Gasteiger partial charge in [0.1, 0.15) is 4.90 Å². The quantitative estimate of drug-likeness (QED) is 0.319. The zero-order valence-corrected chi connectivity index (χ0v) is 19.2. The van der Waals surface area contributed by atoms with E-state index in [1.54, 1.807) is 29.5 Å². The molecule has 2 aromatic carbocycles. The molecular formula is C22H22N2O6S3. The van der Waals surface area contributed by atoms with E-state index in [4.69, 9.17) is 17.6 Å². The monoisotopic (exact) mass is 506 g/mol. The number of benzene rings is 3. The summed E-state index contributed by atoms with van der Waals surface area (Å²) in [4.78, 5) is 10.1. The topological polar surface area (TPSA) is 131 Å². The molecule has 1 aliphatic carbocycles. The van der Waals surface area contributed by atoms with E-state index in [0.717, 1.165) is 39.2 Å². The minimum absolute atomic E-state index is 0. The highest BCUT2D eigenvalue weighted by molar-refractivity contribution is 7.86. The highest BCUT2D eigenvalue weighted by Crippen LogP contribution is 2.30. The molecule has 0 radical (unpaired) electrons. The van der Waals surface area contributed by atoms with Crippen molar-refractivity contribution in [1.82, 2.24) is 4.98 Å². The van der Waals surface area contributed by atoms with Gasteiger partial charge in [0.05, 0.1) is 31.8 Å². The molecule has 1 heterocycles. The molecule has 0 aromatic heterocycles. The van der Waals surface area contributed by atoms with Gasteiger partial charge in [0, 0.05) is 0 Å². The Morgan fingerprint density at radius 1 is 1.03 bits per heavy atom. The lowest BCUT2D eigenvalue weighted by Gasteiger charge is -2.10. The molecule has 174 valence electrons. The maximum atomic E-state index is 11.7. The van der Waals surface area contributed by atoms with E-state index in [1.807, 2.05) is 36.4 Å². The molecule has 1 N–H and O–H groups in total. The van der Waals surface area contributed by atoms with Crippen molar-refractivity contribution in [3.8, 4) is 10.6 Å². The van der Waals surface area contributed by atoms with Crippen molar-refractivity contribution < 1.29 is 25.6 Å². The van der Waals surface area contributed by atoms with E-state index in [-0.39, 0.29) is 18.0 Å². The molecule has 4 rings (SSSR count). The van der Waals surface area contributed by atoms with Crippen molar-refractivity contribution in [1.29, 1.82) is 0 Å². The SMILES string of the molecule is C.CCCc1cc2nc3ccccc3sc-2cc1=Nc1ccccc1S(=O)(=O)O.O=S(=O)=O. The molecular weight excluding hydrogens is 484 g/mol. The van der Waals surface area contributed by atoms with Gasteiger partial charge in [-0.3, -0.25) is 4.55 Å². The van der Waals surface area contributed by atoms with Crippen molar-refractivity contribution in [2.24, 2.45) is 4.99 Å². The number of para-hydroxylation sites is 2. The second kappa shape index (κ2) is 11.2. The zero-order valence-electron chi connectivity index (χ0n) is 16.8. The van der Waals surface area contributed by atoms with Crippen LogP contribution >= 0.6 is 11.3 Å². The lowest BCUT2D eigenvalue weighted by molar-refractivity contribution is 0.483. The van der Waals surface area contributed by atoms with Crippen molar-refractivity contribution in [3.63, 3.8) is 0 Å². The Morgan fingerprint density at radius 3 is 2.33 bits per heavy atom. The summed E-state index contributed by atoms with van der Waals surface area (Å²) in [6, 6.07) is 18.1. The number of aryl methyl sites for hydroxylation is 1. The number of rotatable bonds is 4. The van der Waals surface area contributed by atoms with Crippen LogP contribution in [0.25, 0.3) is 20.8 Å². The van der Waals surface area contributed by atoms with Gasteiger partial charge in [-0.1, -0.05) is 45.0 Å². The highest BCUT2D eigenvalue weighted by atomic mass is 32.2. The first-order chi connectivity index (χ1) is 15.2. The third-order valence-corrected chi connectivity index (χ3v) is 6.40. The number of fused-ring (bicyclic) bond motifs is 2. The average Bonchev–Trinajstić information content (AvgIpc) is 2.72. The summed E-state index contributed by atoms with van der Waals surface area (Å²) in [6.07, 6.45) is 1.72. The fourth-order valence-electron chi connectivity index (χ4n) is 3.13. The van der Waals surface area contributed by atoms with Gasteiger partial charge in [-0.15, -0.1) is 24.0 Å². The van der Waals surface area contributed by atoms with E-state index in [9.17, 15) is 13.0 Å². The Kier molecular flexibility index (Phi) is 8.94. The number of hydrogen-bond donors (Lipinski definition) is 1. The maximum Gasteiger partial charge on any atom is 0.425 e. The lowest BCUT2D eigenvalue weighted by atomic mass is 10.1. The molecule has 0 fully saturated rings. The Morgan fingerprint density at radius 2 is 1.67 bits per heavy atom. The third kappa shape index (κ3) is 6.75. The molecule has 0 bridgehead atoms. The molecule has 0 unspecified atom stereocenters. The van der Waals surface area contributed by atoms with Crippen LogP contribution in [0.2, 0.25) is 0 Å². The van der Waals surface area contributed by atoms with Crippen LogP contribution < -0.4 is 5.36 Å². The number of nitrogens with zero attached hydrogens (tertiary/aromatic N) is 2. The summed E-state index contributed by atoms with van der Waals surface area (Å²) in [5.41, 5.74) is 3.06. The minimum atomic E-state index is -4.35. The van der Waals surface area contributed by atoms with Gasteiger partial charge >= 0.3 is 10.6 Å². The van der Waals surface area contributed by atoms with Crippen LogP contribution in [0.5, 0.6) is 0 Å². The second-order valence-electron chi connectivity index (χ2n) is 6.64. The van der Waals surface area contributed by atoms with Crippen molar-refractivity contribution in [2.45, 2.75) is 32.1 Å². The highest BCUT2D eigenvalue weighted by Gasteiger charge is 2.15. The van der Waals surface area contributed by atoms with E-state index in [1.165, 1.54) is 6.07 Å². The minimum Gasteiger partial charge on any atom is -0.282 e. The van der Waals surface area contributed by atoms with Gasteiger partial charge in [0.2, 0.25) is 0 Å². The summed E-state index contributed by atoms with van der Waals surface area (Å²) in [5, 5.41) is 0.693. The van der Waals surface area contributed by atoms with Gasteiger partial charge in [0.25, 0.3) is 10.1 Å². The molecule has 0 saturated heterocycles. The van der Waals surface area contributed by atoms with Crippen molar-refractivity contribution >= 4 is 48.0 Å². The summed E-state index contributed by atoms with van der Waals surface area (Å²) in [6.45, 7) is 2.08. The normalized spacial score (nSPS) is 11.5. The summed E-state index contributed by atoms with van der Waals surface area (Å²) in [5.74, 6) is 0. The Hall–Kier alpha value is -2.99. The van der Waals surface area contributed by atoms with Gasteiger partial charge < -0.3 is 0 Å². The fraction of sp³-hybridized carbons (Fsp3) is 0.182. The molecule has 0 saturated carbocycles. The standard InChI is InChI=1S/C21H18N2O3S2.CH4.O3S/c1-2-7-14-12-18-20(27-19-10-5-3-8-15(19)22-18)13-17(14)23-16-9-4-6-11-21(16)28(24,25)26;;1-4(2)3/h3-6,8-13H,2,7H2,1H3,(H,24,25,26);1H4;. The van der Waals surface area contributed by atoms with E-state index in [0.29, 0.717) is 5.36 Å². The number of aromatic nitrogens is 1.